The Bertz CT molecular complexity index is 781. The summed E-state index contributed by atoms with van der Waals surface area (Å²) in [5.74, 6) is 0.824. The van der Waals surface area contributed by atoms with E-state index < -0.39 is 0 Å². The molecule has 0 aliphatic heterocycles. The molecule has 1 N–H and O–H groups in total. The van der Waals surface area contributed by atoms with E-state index in [1.165, 1.54) is 10.8 Å². The second-order valence-corrected chi connectivity index (χ2v) is 4.71. The number of hydrogen-bond donors (Lipinski definition) is 1. The maximum absolute atomic E-state index is 5.19. The van der Waals surface area contributed by atoms with Crippen LogP contribution in [0.3, 0.4) is 0 Å². The number of benzene rings is 3. The fraction of sp³-hybridized carbons (Fsp3) is 0.0556. The van der Waals surface area contributed by atoms with Crippen LogP contribution in [-0.4, -0.2) is 13.3 Å². The molecule has 3 aromatic carbocycles. The van der Waals surface area contributed by atoms with E-state index in [-0.39, 0.29) is 0 Å². The molecule has 21 heavy (non-hydrogen) atoms. The van der Waals surface area contributed by atoms with E-state index in [0.29, 0.717) is 0 Å². The van der Waals surface area contributed by atoms with Crippen molar-refractivity contribution >= 4 is 22.7 Å². The molecule has 0 amide bonds. The van der Waals surface area contributed by atoms with Crippen LogP contribution < -0.4 is 10.2 Å². The number of hydrogen-bond acceptors (Lipinski definition) is 3. The van der Waals surface area contributed by atoms with Crippen molar-refractivity contribution in [2.24, 2.45) is 5.10 Å². The Labute approximate surface area is 123 Å². The van der Waals surface area contributed by atoms with Crippen molar-refractivity contribution in [3.8, 4) is 5.75 Å². The lowest BCUT2D eigenvalue weighted by Crippen LogP contribution is -1.91. The molecule has 0 saturated carbocycles. The van der Waals surface area contributed by atoms with Crippen molar-refractivity contribution in [1.29, 1.82) is 0 Å². The van der Waals surface area contributed by atoms with Crippen molar-refractivity contribution in [3.63, 3.8) is 0 Å². The molecule has 0 unspecified atom stereocenters. The number of methoxy groups -OCH3 is 1. The van der Waals surface area contributed by atoms with Gasteiger partial charge in [0.2, 0.25) is 0 Å². The van der Waals surface area contributed by atoms with Crippen molar-refractivity contribution < 1.29 is 4.74 Å². The Morgan fingerprint density at radius 1 is 0.905 bits per heavy atom. The number of nitrogens with one attached hydrogen (secondary N) is 1. The van der Waals surface area contributed by atoms with E-state index in [9.17, 15) is 0 Å². The van der Waals surface area contributed by atoms with Gasteiger partial charge in [0.25, 0.3) is 0 Å². The molecule has 0 saturated heterocycles. The molecule has 0 aliphatic carbocycles. The van der Waals surface area contributed by atoms with Gasteiger partial charge in [0.15, 0.2) is 0 Å². The number of anilines is 1. The summed E-state index contributed by atoms with van der Waals surface area (Å²) in [6, 6.07) is 22.2. The molecule has 3 aromatic rings. The number of nitrogens with zero attached hydrogens (tertiary/aromatic N) is 1. The molecule has 0 fully saturated rings. The van der Waals surface area contributed by atoms with Crippen LogP contribution in [0.4, 0.5) is 5.69 Å². The Morgan fingerprint density at radius 2 is 1.76 bits per heavy atom. The number of rotatable bonds is 4. The van der Waals surface area contributed by atoms with Crippen LogP contribution in [0, 0.1) is 0 Å². The predicted octanol–water partition coefficient (Wildman–Crippen LogP) is 4.29. The number of fused-ring (bicyclic) bond motifs is 1. The van der Waals surface area contributed by atoms with E-state index in [2.05, 4.69) is 34.8 Å². The standard InChI is InChI=1S/C18H16N2O/c1-21-18-8-4-5-14(11-18)13-19-20-17-10-9-15-6-2-3-7-16(15)12-17/h2-13,20H,1H3. The summed E-state index contributed by atoms with van der Waals surface area (Å²) in [5.41, 5.74) is 5.01. The molecular weight excluding hydrogens is 260 g/mol. The van der Waals surface area contributed by atoms with Gasteiger partial charge in [-0.05, 0) is 40.6 Å². The summed E-state index contributed by atoms with van der Waals surface area (Å²) in [4.78, 5) is 0. The van der Waals surface area contributed by atoms with Crippen molar-refractivity contribution in [2.45, 2.75) is 0 Å². The topological polar surface area (TPSA) is 33.6 Å². The van der Waals surface area contributed by atoms with Gasteiger partial charge >= 0.3 is 0 Å². The van der Waals surface area contributed by atoms with Crippen LogP contribution in [0.5, 0.6) is 5.75 Å². The van der Waals surface area contributed by atoms with Crippen molar-refractivity contribution in [2.75, 3.05) is 12.5 Å². The third-order valence-corrected chi connectivity index (χ3v) is 3.25. The minimum Gasteiger partial charge on any atom is -0.497 e. The first-order valence-electron chi connectivity index (χ1n) is 6.77. The molecule has 0 radical (unpaired) electrons. The zero-order valence-corrected chi connectivity index (χ0v) is 11.8. The fourth-order valence-corrected chi connectivity index (χ4v) is 2.16. The average molecular weight is 276 g/mol. The maximum Gasteiger partial charge on any atom is 0.119 e. The predicted molar refractivity (Wildman–Crippen MR) is 88.2 cm³/mol. The summed E-state index contributed by atoms with van der Waals surface area (Å²) >= 11 is 0. The summed E-state index contributed by atoms with van der Waals surface area (Å²) < 4.78 is 5.19. The second-order valence-electron chi connectivity index (χ2n) is 4.71. The molecule has 0 bridgehead atoms. The fourth-order valence-electron chi connectivity index (χ4n) is 2.16. The largest absolute Gasteiger partial charge is 0.497 e. The molecule has 3 nitrogen and oxygen atoms in total. The Balaban J connectivity index is 1.74. The van der Waals surface area contributed by atoms with Gasteiger partial charge in [-0.1, -0.05) is 42.5 Å². The molecule has 0 spiro atoms. The van der Waals surface area contributed by atoms with Crippen LogP contribution in [-0.2, 0) is 0 Å². The van der Waals surface area contributed by atoms with E-state index in [1.54, 1.807) is 13.3 Å². The van der Waals surface area contributed by atoms with Gasteiger partial charge < -0.3 is 4.74 Å². The highest BCUT2D eigenvalue weighted by Gasteiger charge is 1.95. The quantitative estimate of drug-likeness (QED) is 0.569. The van der Waals surface area contributed by atoms with Crippen LogP contribution in [0.15, 0.2) is 71.8 Å². The molecule has 0 heterocycles. The normalized spacial score (nSPS) is 10.9. The van der Waals surface area contributed by atoms with Crippen molar-refractivity contribution in [3.05, 3.63) is 72.3 Å². The smallest absolute Gasteiger partial charge is 0.119 e. The minimum atomic E-state index is 0.824. The summed E-state index contributed by atoms with van der Waals surface area (Å²) in [7, 11) is 1.66. The molecule has 0 aromatic heterocycles. The minimum absolute atomic E-state index is 0.824. The van der Waals surface area contributed by atoms with Gasteiger partial charge in [-0.15, -0.1) is 0 Å². The third-order valence-electron chi connectivity index (χ3n) is 3.25. The lowest BCUT2D eigenvalue weighted by Gasteiger charge is -2.03. The van der Waals surface area contributed by atoms with Gasteiger partial charge in [-0.2, -0.15) is 5.10 Å². The van der Waals surface area contributed by atoms with Gasteiger partial charge in [-0.25, -0.2) is 0 Å². The Kier molecular flexibility index (Phi) is 3.83. The molecule has 104 valence electrons. The first-order valence-corrected chi connectivity index (χ1v) is 6.77. The van der Waals surface area contributed by atoms with Crippen molar-refractivity contribution in [1.82, 2.24) is 0 Å². The Hall–Kier alpha value is -2.81. The van der Waals surface area contributed by atoms with E-state index in [4.69, 9.17) is 4.74 Å². The number of hydrazone groups is 1. The van der Waals surface area contributed by atoms with E-state index in [1.807, 2.05) is 42.5 Å². The number of ether oxygens (including phenoxy) is 1. The highest BCUT2D eigenvalue weighted by atomic mass is 16.5. The molecule has 0 atom stereocenters. The molecular formula is C18H16N2O. The molecule has 0 aliphatic rings. The summed E-state index contributed by atoms with van der Waals surface area (Å²) in [6.07, 6.45) is 1.78. The van der Waals surface area contributed by atoms with Crippen LogP contribution in [0.25, 0.3) is 10.8 Å². The lowest BCUT2D eigenvalue weighted by molar-refractivity contribution is 0.415. The molecule has 3 heteroatoms. The summed E-state index contributed by atoms with van der Waals surface area (Å²) in [5, 5.41) is 6.68. The highest BCUT2D eigenvalue weighted by molar-refractivity contribution is 5.86. The van der Waals surface area contributed by atoms with E-state index in [0.717, 1.165) is 17.0 Å². The maximum atomic E-state index is 5.19. The zero-order chi connectivity index (χ0) is 14.5. The van der Waals surface area contributed by atoms with Crippen LogP contribution >= 0.6 is 0 Å². The SMILES string of the molecule is COc1cccc(C=NNc2ccc3ccccc3c2)c1. The second kappa shape index (κ2) is 6.09. The lowest BCUT2D eigenvalue weighted by atomic mass is 10.1. The van der Waals surface area contributed by atoms with E-state index >= 15 is 0 Å². The molecule has 3 rings (SSSR count). The van der Waals surface area contributed by atoms with Gasteiger partial charge in [0.1, 0.15) is 5.75 Å². The van der Waals surface area contributed by atoms with Crippen LogP contribution in [0.1, 0.15) is 5.56 Å². The highest BCUT2D eigenvalue weighted by Crippen LogP contribution is 2.18. The Morgan fingerprint density at radius 3 is 2.62 bits per heavy atom. The average Bonchev–Trinajstić information content (AvgIpc) is 2.55. The first kappa shape index (κ1) is 13.2. The monoisotopic (exact) mass is 276 g/mol. The zero-order valence-electron chi connectivity index (χ0n) is 11.8. The van der Waals surface area contributed by atoms with Gasteiger partial charge in [0, 0.05) is 0 Å². The van der Waals surface area contributed by atoms with Gasteiger partial charge in [0.05, 0.1) is 19.0 Å². The summed E-state index contributed by atoms with van der Waals surface area (Å²) in [6.45, 7) is 0. The van der Waals surface area contributed by atoms with Gasteiger partial charge in [-0.3, -0.25) is 5.43 Å². The first-order chi connectivity index (χ1) is 10.3. The third kappa shape index (κ3) is 3.20. The van der Waals surface area contributed by atoms with Crippen LogP contribution in [0.2, 0.25) is 0 Å².